The Bertz CT molecular complexity index is 773. The third-order valence-corrected chi connectivity index (χ3v) is 4.12. The highest BCUT2D eigenvalue weighted by Crippen LogP contribution is 2.28. The van der Waals surface area contributed by atoms with E-state index in [-0.39, 0.29) is 5.91 Å². The van der Waals surface area contributed by atoms with Crippen molar-refractivity contribution in [3.63, 3.8) is 0 Å². The Morgan fingerprint density at radius 1 is 1.20 bits per heavy atom. The van der Waals surface area contributed by atoms with Crippen molar-refractivity contribution in [2.75, 3.05) is 0 Å². The first kappa shape index (κ1) is 19.3. The number of carbonyl (C=O) groups is 1. The van der Waals surface area contributed by atoms with Crippen molar-refractivity contribution in [3.05, 3.63) is 63.6 Å². The van der Waals surface area contributed by atoms with E-state index < -0.39 is 6.10 Å². The molecule has 0 heterocycles. The number of carbonyl (C=O) groups excluding carboxylic acids is 1. The molecule has 1 atom stereocenters. The van der Waals surface area contributed by atoms with Crippen molar-refractivity contribution in [3.8, 4) is 5.75 Å². The van der Waals surface area contributed by atoms with Crippen molar-refractivity contribution < 1.29 is 9.53 Å². The van der Waals surface area contributed by atoms with Gasteiger partial charge in [-0.25, -0.2) is 5.43 Å². The van der Waals surface area contributed by atoms with E-state index in [9.17, 15) is 4.79 Å². The monoisotopic (exact) mass is 378 g/mol. The lowest BCUT2D eigenvalue weighted by Gasteiger charge is -2.14. The van der Waals surface area contributed by atoms with Gasteiger partial charge in [0.15, 0.2) is 6.10 Å². The van der Waals surface area contributed by atoms with Gasteiger partial charge in [0.05, 0.1) is 10.7 Å². The topological polar surface area (TPSA) is 50.7 Å². The lowest BCUT2D eigenvalue weighted by atomic mass is 10.1. The van der Waals surface area contributed by atoms with E-state index >= 15 is 0 Å². The third-order valence-electron chi connectivity index (χ3n) is 3.59. The molecule has 6 heteroatoms. The Kier molecular flexibility index (Phi) is 6.85. The van der Waals surface area contributed by atoms with Gasteiger partial charge >= 0.3 is 0 Å². The van der Waals surface area contributed by atoms with Crippen LogP contribution < -0.4 is 10.2 Å². The molecule has 0 bridgehead atoms. The molecule has 0 aliphatic carbocycles. The Labute approximate surface area is 157 Å². The molecule has 0 saturated heterocycles. The minimum absolute atomic E-state index is 0.351. The van der Waals surface area contributed by atoms with Gasteiger partial charge in [-0.3, -0.25) is 4.79 Å². The molecule has 25 heavy (non-hydrogen) atoms. The first-order chi connectivity index (χ1) is 11.9. The van der Waals surface area contributed by atoms with Crippen LogP contribution in [0, 0.1) is 6.92 Å². The Morgan fingerprint density at radius 3 is 2.48 bits per heavy atom. The zero-order valence-electron chi connectivity index (χ0n) is 14.3. The van der Waals surface area contributed by atoms with Gasteiger partial charge in [0.2, 0.25) is 0 Å². The van der Waals surface area contributed by atoms with Gasteiger partial charge in [-0.05, 0) is 44.0 Å². The lowest BCUT2D eigenvalue weighted by molar-refractivity contribution is -0.127. The van der Waals surface area contributed by atoms with Crippen LogP contribution in [0.4, 0.5) is 0 Å². The molecule has 0 spiro atoms. The van der Waals surface area contributed by atoms with Gasteiger partial charge in [-0.2, -0.15) is 5.10 Å². The van der Waals surface area contributed by atoms with Crippen LogP contribution in [0.5, 0.6) is 5.75 Å². The molecule has 0 saturated carbocycles. The van der Waals surface area contributed by atoms with Crippen LogP contribution in [0.2, 0.25) is 10.0 Å². The number of halogens is 2. The molecule has 2 aromatic carbocycles. The molecular formula is C19H20Cl2N2O2. The van der Waals surface area contributed by atoms with Crippen LogP contribution in [-0.2, 0) is 4.79 Å². The number of nitrogens with zero attached hydrogens (tertiary/aromatic N) is 1. The second kappa shape index (κ2) is 8.88. The number of rotatable bonds is 6. The number of nitrogens with one attached hydrogen (secondary N) is 1. The Balaban J connectivity index is 2.03. The van der Waals surface area contributed by atoms with Crippen LogP contribution in [0.1, 0.15) is 31.4 Å². The Morgan fingerprint density at radius 2 is 1.88 bits per heavy atom. The molecule has 0 aromatic heterocycles. The number of hydrogen-bond acceptors (Lipinski definition) is 3. The minimum atomic E-state index is -0.751. The Hall–Kier alpha value is -2.04. The summed E-state index contributed by atoms with van der Waals surface area (Å²) in [6.07, 6.45) is -0.0553. The van der Waals surface area contributed by atoms with E-state index in [2.05, 4.69) is 10.5 Å². The van der Waals surface area contributed by atoms with E-state index in [1.54, 1.807) is 25.1 Å². The first-order valence-corrected chi connectivity index (χ1v) is 8.71. The summed E-state index contributed by atoms with van der Waals surface area (Å²) in [7, 11) is 0. The predicted octanol–water partition coefficient (Wildman–Crippen LogP) is 5.00. The number of aryl methyl sites for hydroxylation is 1. The van der Waals surface area contributed by atoms with Gasteiger partial charge in [-0.15, -0.1) is 0 Å². The molecule has 2 aromatic rings. The van der Waals surface area contributed by atoms with Crippen molar-refractivity contribution in [2.45, 2.75) is 33.3 Å². The second-order valence-electron chi connectivity index (χ2n) is 5.59. The number of hydrogen-bond donors (Lipinski definition) is 1. The number of benzene rings is 2. The largest absolute Gasteiger partial charge is 0.479 e. The highest BCUT2D eigenvalue weighted by Gasteiger charge is 2.16. The van der Waals surface area contributed by atoms with E-state index in [0.717, 1.165) is 11.3 Å². The summed E-state index contributed by atoms with van der Waals surface area (Å²) >= 11 is 11.9. The zero-order chi connectivity index (χ0) is 18.4. The van der Waals surface area contributed by atoms with Crippen LogP contribution in [0.25, 0.3) is 0 Å². The normalized spacial score (nSPS) is 12.6. The van der Waals surface area contributed by atoms with E-state index in [1.165, 1.54) is 5.56 Å². The second-order valence-corrected chi connectivity index (χ2v) is 6.43. The van der Waals surface area contributed by atoms with Gasteiger partial charge < -0.3 is 4.74 Å². The van der Waals surface area contributed by atoms with Crippen LogP contribution in [0.3, 0.4) is 0 Å². The van der Waals surface area contributed by atoms with Crippen molar-refractivity contribution in [1.29, 1.82) is 0 Å². The maximum atomic E-state index is 12.2. The van der Waals surface area contributed by atoms with Gasteiger partial charge in [-0.1, -0.05) is 60.0 Å². The SMILES string of the molecule is CC/C(=N\NC(=O)C(C)Oc1ccc(Cl)cc1Cl)c1ccc(C)cc1. The smallest absolute Gasteiger partial charge is 0.280 e. The molecule has 0 fully saturated rings. The third kappa shape index (κ3) is 5.48. The van der Waals surface area contributed by atoms with Gasteiger partial charge in [0.1, 0.15) is 5.75 Å². The average Bonchev–Trinajstić information content (AvgIpc) is 2.59. The highest BCUT2D eigenvalue weighted by atomic mass is 35.5. The molecule has 1 N–H and O–H groups in total. The first-order valence-electron chi connectivity index (χ1n) is 7.96. The van der Waals surface area contributed by atoms with Crippen molar-refractivity contribution in [2.24, 2.45) is 5.10 Å². The van der Waals surface area contributed by atoms with Gasteiger partial charge in [0.25, 0.3) is 5.91 Å². The summed E-state index contributed by atoms with van der Waals surface area (Å²) in [4.78, 5) is 12.2. The molecule has 132 valence electrons. The molecule has 0 aliphatic heterocycles. The summed E-state index contributed by atoms with van der Waals surface area (Å²) in [5.41, 5.74) is 5.50. The summed E-state index contributed by atoms with van der Waals surface area (Å²) in [6, 6.07) is 12.8. The molecule has 0 aliphatic rings. The molecule has 1 unspecified atom stereocenters. The average molecular weight is 379 g/mol. The molecule has 4 nitrogen and oxygen atoms in total. The van der Waals surface area contributed by atoms with Crippen molar-refractivity contribution >= 4 is 34.8 Å². The van der Waals surface area contributed by atoms with E-state index in [4.69, 9.17) is 27.9 Å². The number of ether oxygens (including phenoxy) is 1. The molecule has 0 radical (unpaired) electrons. The summed E-state index contributed by atoms with van der Waals surface area (Å²) in [5.74, 6) is 0.0380. The van der Waals surface area contributed by atoms with Gasteiger partial charge in [0, 0.05) is 5.02 Å². The van der Waals surface area contributed by atoms with Crippen LogP contribution in [0.15, 0.2) is 47.6 Å². The highest BCUT2D eigenvalue weighted by molar-refractivity contribution is 6.35. The molecular weight excluding hydrogens is 359 g/mol. The minimum Gasteiger partial charge on any atom is -0.479 e. The van der Waals surface area contributed by atoms with E-state index in [0.29, 0.717) is 22.2 Å². The quantitative estimate of drug-likeness (QED) is 0.567. The van der Waals surface area contributed by atoms with Crippen molar-refractivity contribution in [1.82, 2.24) is 5.43 Å². The zero-order valence-corrected chi connectivity index (χ0v) is 15.9. The molecule has 2 rings (SSSR count). The maximum absolute atomic E-state index is 12.2. The molecule has 1 amide bonds. The fraction of sp³-hybridized carbons (Fsp3) is 0.263. The lowest BCUT2D eigenvalue weighted by Crippen LogP contribution is -2.34. The van der Waals surface area contributed by atoms with E-state index in [1.807, 2.05) is 38.1 Å². The standard InChI is InChI=1S/C19H20Cl2N2O2/c1-4-17(14-7-5-12(2)6-8-14)22-23-19(24)13(3)25-18-10-9-15(20)11-16(18)21/h5-11,13H,4H2,1-3H3,(H,23,24)/b22-17+. The predicted molar refractivity (Wildman–Crippen MR) is 103 cm³/mol. The number of hydrazone groups is 1. The van der Waals surface area contributed by atoms with Crippen LogP contribution in [-0.4, -0.2) is 17.7 Å². The fourth-order valence-corrected chi connectivity index (χ4v) is 2.57. The summed E-state index contributed by atoms with van der Waals surface area (Å²) in [5, 5.41) is 5.08. The fourth-order valence-electron chi connectivity index (χ4n) is 2.12. The summed E-state index contributed by atoms with van der Waals surface area (Å²) in [6.45, 7) is 5.64. The summed E-state index contributed by atoms with van der Waals surface area (Å²) < 4.78 is 5.58. The maximum Gasteiger partial charge on any atom is 0.280 e. The van der Waals surface area contributed by atoms with Crippen LogP contribution >= 0.6 is 23.2 Å². The number of amides is 1.